The number of aryl methyl sites for hydroxylation is 1. The highest BCUT2D eigenvalue weighted by molar-refractivity contribution is 7.09. The van der Waals surface area contributed by atoms with Gasteiger partial charge < -0.3 is 9.73 Å². The van der Waals surface area contributed by atoms with E-state index in [1.54, 1.807) is 12.5 Å². The van der Waals surface area contributed by atoms with Crippen molar-refractivity contribution in [2.24, 2.45) is 0 Å². The summed E-state index contributed by atoms with van der Waals surface area (Å²) in [5, 5.41) is 7.84. The van der Waals surface area contributed by atoms with E-state index in [0.717, 1.165) is 16.3 Å². The molecule has 0 atom stereocenters. The Hall–Kier alpha value is -1.36. The molecule has 0 fully saturated rings. The molecule has 1 N–H and O–H groups in total. The Bertz CT molecular complexity index is 368. The Labute approximate surface area is 79.8 Å². The quantitative estimate of drug-likeness (QED) is 0.814. The summed E-state index contributed by atoms with van der Waals surface area (Å²) in [5.41, 5.74) is 1.16. The SMILES string of the molecule is Cc1ccoc1CNc1cnns1. The van der Waals surface area contributed by atoms with Crippen LogP contribution in [0.5, 0.6) is 0 Å². The summed E-state index contributed by atoms with van der Waals surface area (Å²) in [4.78, 5) is 0. The first-order chi connectivity index (χ1) is 6.36. The van der Waals surface area contributed by atoms with Gasteiger partial charge in [0, 0.05) is 11.5 Å². The molecule has 2 heterocycles. The van der Waals surface area contributed by atoms with Crippen molar-refractivity contribution in [2.75, 3.05) is 5.32 Å². The molecule has 68 valence electrons. The van der Waals surface area contributed by atoms with Crippen LogP contribution in [0.3, 0.4) is 0 Å². The van der Waals surface area contributed by atoms with Gasteiger partial charge in [-0.3, -0.25) is 0 Å². The van der Waals surface area contributed by atoms with Crippen LogP contribution in [0.1, 0.15) is 11.3 Å². The fraction of sp³-hybridized carbons (Fsp3) is 0.250. The summed E-state index contributed by atoms with van der Waals surface area (Å²) in [6, 6.07) is 1.95. The maximum absolute atomic E-state index is 5.26. The second-order valence-electron chi connectivity index (χ2n) is 2.66. The summed E-state index contributed by atoms with van der Waals surface area (Å²) in [6.45, 7) is 2.70. The van der Waals surface area contributed by atoms with Gasteiger partial charge in [0.1, 0.15) is 10.8 Å². The van der Waals surface area contributed by atoms with Gasteiger partial charge in [0.15, 0.2) is 0 Å². The van der Waals surface area contributed by atoms with E-state index >= 15 is 0 Å². The average Bonchev–Trinajstić information content (AvgIpc) is 2.72. The highest BCUT2D eigenvalue weighted by atomic mass is 32.1. The van der Waals surface area contributed by atoms with Crippen molar-refractivity contribution in [1.82, 2.24) is 9.59 Å². The Balaban J connectivity index is 1.97. The monoisotopic (exact) mass is 195 g/mol. The molecular weight excluding hydrogens is 186 g/mol. The molecule has 0 aliphatic rings. The van der Waals surface area contributed by atoms with Gasteiger partial charge in [-0.2, -0.15) is 0 Å². The molecule has 0 unspecified atom stereocenters. The minimum Gasteiger partial charge on any atom is -0.467 e. The molecular formula is C8H9N3OS. The van der Waals surface area contributed by atoms with E-state index in [0.29, 0.717) is 6.54 Å². The average molecular weight is 195 g/mol. The molecule has 4 nitrogen and oxygen atoms in total. The fourth-order valence-electron chi connectivity index (χ4n) is 0.998. The molecule has 2 rings (SSSR count). The number of anilines is 1. The van der Waals surface area contributed by atoms with Gasteiger partial charge >= 0.3 is 0 Å². The zero-order valence-electron chi connectivity index (χ0n) is 7.15. The van der Waals surface area contributed by atoms with Gasteiger partial charge in [-0.05, 0) is 18.6 Å². The van der Waals surface area contributed by atoms with Gasteiger partial charge in [0.25, 0.3) is 0 Å². The smallest absolute Gasteiger partial charge is 0.130 e. The number of furan rings is 1. The number of rotatable bonds is 3. The molecule has 0 saturated carbocycles. The van der Waals surface area contributed by atoms with Crippen molar-refractivity contribution in [1.29, 1.82) is 0 Å². The Kier molecular flexibility index (Phi) is 2.27. The topological polar surface area (TPSA) is 51.0 Å². The van der Waals surface area contributed by atoms with E-state index in [2.05, 4.69) is 14.9 Å². The molecule has 0 amide bonds. The summed E-state index contributed by atoms with van der Waals surface area (Å²) < 4.78 is 9.01. The van der Waals surface area contributed by atoms with Crippen LogP contribution in [0.25, 0.3) is 0 Å². The molecule has 5 heteroatoms. The molecule has 2 aromatic rings. The number of hydrogen-bond donors (Lipinski definition) is 1. The van der Waals surface area contributed by atoms with Gasteiger partial charge in [-0.1, -0.05) is 4.49 Å². The third kappa shape index (κ3) is 1.86. The van der Waals surface area contributed by atoms with Crippen LogP contribution in [-0.4, -0.2) is 9.59 Å². The van der Waals surface area contributed by atoms with Gasteiger partial charge in [-0.15, -0.1) is 5.10 Å². The van der Waals surface area contributed by atoms with E-state index in [9.17, 15) is 0 Å². The first kappa shape index (κ1) is 8.25. The van der Waals surface area contributed by atoms with Gasteiger partial charge in [0.2, 0.25) is 0 Å². The number of aromatic nitrogens is 2. The van der Waals surface area contributed by atoms with E-state index in [-0.39, 0.29) is 0 Å². The van der Waals surface area contributed by atoms with Crippen molar-refractivity contribution in [3.63, 3.8) is 0 Å². The largest absolute Gasteiger partial charge is 0.467 e. The first-order valence-corrected chi connectivity index (χ1v) is 4.68. The second-order valence-corrected chi connectivity index (χ2v) is 3.45. The highest BCUT2D eigenvalue weighted by Gasteiger charge is 2.01. The first-order valence-electron chi connectivity index (χ1n) is 3.90. The van der Waals surface area contributed by atoms with Crippen LogP contribution in [-0.2, 0) is 6.54 Å². The van der Waals surface area contributed by atoms with Crippen LogP contribution in [0, 0.1) is 6.92 Å². The number of hydrogen-bond acceptors (Lipinski definition) is 5. The van der Waals surface area contributed by atoms with E-state index in [4.69, 9.17) is 4.42 Å². The third-order valence-electron chi connectivity index (χ3n) is 1.75. The second kappa shape index (κ2) is 3.57. The maximum Gasteiger partial charge on any atom is 0.130 e. The lowest BCUT2D eigenvalue weighted by atomic mass is 10.3. The van der Waals surface area contributed by atoms with Crippen molar-refractivity contribution >= 4 is 16.5 Å². The lowest BCUT2D eigenvalue weighted by Gasteiger charge is -1.99. The van der Waals surface area contributed by atoms with Crippen molar-refractivity contribution in [2.45, 2.75) is 13.5 Å². The number of nitrogens with zero attached hydrogens (tertiary/aromatic N) is 2. The summed E-state index contributed by atoms with van der Waals surface area (Å²) >= 11 is 1.34. The van der Waals surface area contributed by atoms with Crippen molar-refractivity contribution in [3.05, 3.63) is 29.9 Å². The molecule has 2 aromatic heterocycles. The highest BCUT2D eigenvalue weighted by Crippen LogP contribution is 2.14. The lowest BCUT2D eigenvalue weighted by Crippen LogP contribution is -1.97. The molecule has 0 aromatic carbocycles. The normalized spacial score (nSPS) is 10.2. The van der Waals surface area contributed by atoms with Crippen molar-refractivity contribution < 1.29 is 4.42 Å². The van der Waals surface area contributed by atoms with Crippen LogP contribution in [0.4, 0.5) is 5.00 Å². The minimum atomic E-state index is 0.683. The summed E-state index contributed by atoms with van der Waals surface area (Å²) in [6.07, 6.45) is 3.39. The molecule has 0 saturated heterocycles. The lowest BCUT2D eigenvalue weighted by molar-refractivity contribution is 0.515. The van der Waals surface area contributed by atoms with Gasteiger partial charge in [0.05, 0.1) is 19.0 Å². The number of nitrogens with one attached hydrogen (secondary N) is 1. The molecule has 13 heavy (non-hydrogen) atoms. The van der Waals surface area contributed by atoms with Crippen LogP contribution >= 0.6 is 11.5 Å². The fourth-order valence-corrected chi connectivity index (χ4v) is 1.41. The summed E-state index contributed by atoms with van der Waals surface area (Å²) in [7, 11) is 0. The standard InChI is InChI=1S/C8H9N3OS/c1-6-2-3-12-7(6)4-9-8-5-10-11-13-8/h2-3,5,9H,4H2,1H3. The predicted octanol–water partition coefficient (Wildman–Crippen LogP) is 2.05. The van der Waals surface area contributed by atoms with E-state index < -0.39 is 0 Å². The van der Waals surface area contributed by atoms with Crippen LogP contribution < -0.4 is 5.32 Å². The maximum atomic E-state index is 5.26. The van der Waals surface area contributed by atoms with Crippen molar-refractivity contribution in [3.8, 4) is 0 Å². The Morgan fingerprint density at radius 1 is 1.62 bits per heavy atom. The van der Waals surface area contributed by atoms with E-state index in [1.807, 2.05) is 13.0 Å². The molecule has 0 aliphatic carbocycles. The molecule has 0 aliphatic heterocycles. The van der Waals surface area contributed by atoms with E-state index in [1.165, 1.54) is 11.5 Å². The Morgan fingerprint density at radius 2 is 2.54 bits per heavy atom. The molecule has 0 spiro atoms. The molecule has 0 bridgehead atoms. The Morgan fingerprint density at radius 3 is 3.15 bits per heavy atom. The zero-order valence-corrected chi connectivity index (χ0v) is 7.97. The van der Waals surface area contributed by atoms with Crippen LogP contribution in [0.2, 0.25) is 0 Å². The van der Waals surface area contributed by atoms with Crippen LogP contribution in [0.15, 0.2) is 22.9 Å². The third-order valence-corrected chi connectivity index (χ3v) is 2.38. The zero-order chi connectivity index (χ0) is 9.10. The minimum absolute atomic E-state index is 0.683. The predicted molar refractivity (Wildman–Crippen MR) is 50.7 cm³/mol. The summed E-state index contributed by atoms with van der Waals surface area (Å²) in [5.74, 6) is 0.952. The molecule has 0 radical (unpaired) electrons. The van der Waals surface area contributed by atoms with Gasteiger partial charge in [-0.25, -0.2) is 0 Å².